The lowest BCUT2D eigenvalue weighted by Gasteiger charge is -2.23. The van der Waals surface area contributed by atoms with E-state index in [0.29, 0.717) is 12.8 Å². The van der Waals surface area contributed by atoms with Gasteiger partial charge in [-0.15, -0.1) is 0 Å². The summed E-state index contributed by atoms with van der Waals surface area (Å²) in [5.74, 6) is -4.12. The Labute approximate surface area is 133 Å². The Morgan fingerprint density at radius 1 is 1.29 bits per heavy atom. The van der Waals surface area contributed by atoms with Crippen LogP contribution >= 0.6 is 0 Å². The van der Waals surface area contributed by atoms with Gasteiger partial charge in [-0.05, 0) is 18.8 Å². The van der Waals surface area contributed by atoms with E-state index in [0.717, 1.165) is 4.72 Å². The van der Waals surface area contributed by atoms with E-state index in [1.807, 2.05) is 0 Å². The Balaban J connectivity index is 1.56. The number of rotatable bonds is 4. The van der Waals surface area contributed by atoms with Gasteiger partial charge in [-0.2, -0.15) is 21.6 Å². The van der Waals surface area contributed by atoms with E-state index in [1.165, 1.54) is 0 Å². The molecule has 0 aromatic carbocycles. The average molecular weight is 371 g/mol. The number of halogens is 3. The Kier molecular flexibility index (Phi) is 3.77. The fraction of sp³-hybridized carbons (Fsp3) is 0.750. The van der Waals surface area contributed by atoms with Gasteiger partial charge in [-0.1, -0.05) is 0 Å². The molecule has 3 fully saturated rings. The molecular formula is C12H12F3NO7S. The van der Waals surface area contributed by atoms with Crippen molar-refractivity contribution in [1.29, 1.82) is 0 Å². The van der Waals surface area contributed by atoms with Crippen LogP contribution in [0.15, 0.2) is 0 Å². The molecule has 2 aliphatic carbocycles. The number of alkyl halides is 3. The summed E-state index contributed by atoms with van der Waals surface area (Å²) >= 11 is 0. The number of ether oxygens (including phenoxy) is 2. The van der Waals surface area contributed by atoms with E-state index >= 15 is 0 Å². The van der Waals surface area contributed by atoms with Gasteiger partial charge < -0.3 is 9.47 Å². The Morgan fingerprint density at radius 2 is 1.96 bits per heavy atom. The second-order valence-corrected chi connectivity index (χ2v) is 7.69. The summed E-state index contributed by atoms with van der Waals surface area (Å²) < 4.78 is 68.4. The number of hydrogen-bond donors (Lipinski definition) is 1. The summed E-state index contributed by atoms with van der Waals surface area (Å²) in [5.41, 5.74) is -5.65. The first-order valence-electron chi connectivity index (χ1n) is 7.00. The lowest BCUT2D eigenvalue weighted by Crippen LogP contribution is -2.43. The number of carbonyl (C=O) groups excluding carboxylic acids is 3. The van der Waals surface area contributed by atoms with Crippen LogP contribution in [0, 0.1) is 23.7 Å². The van der Waals surface area contributed by atoms with Crippen molar-refractivity contribution in [2.45, 2.75) is 24.5 Å². The minimum atomic E-state index is -5.85. The van der Waals surface area contributed by atoms with Crippen LogP contribution in [0.4, 0.5) is 13.2 Å². The second-order valence-electron chi connectivity index (χ2n) is 6.01. The summed E-state index contributed by atoms with van der Waals surface area (Å²) in [7, 11) is -5.85. The van der Waals surface area contributed by atoms with Crippen molar-refractivity contribution in [3.05, 3.63) is 0 Å². The van der Waals surface area contributed by atoms with E-state index in [1.54, 1.807) is 0 Å². The molecule has 3 aliphatic rings. The SMILES string of the molecule is O=C(COC(=O)C1C2CC3C(=O)OC1C3C2)NS(=O)(=O)C(F)(F)F. The van der Waals surface area contributed by atoms with E-state index in [2.05, 4.69) is 4.74 Å². The highest BCUT2D eigenvalue weighted by atomic mass is 32.2. The maximum atomic E-state index is 12.1. The number of nitrogens with one attached hydrogen (secondary N) is 1. The van der Waals surface area contributed by atoms with Gasteiger partial charge in [-0.25, -0.2) is 4.72 Å². The number of sulfonamides is 1. The van der Waals surface area contributed by atoms with Gasteiger partial charge in [0.15, 0.2) is 6.61 Å². The molecule has 2 saturated carbocycles. The normalized spacial score (nSPS) is 34.1. The van der Waals surface area contributed by atoms with Crippen molar-refractivity contribution in [1.82, 2.24) is 4.72 Å². The van der Waals surface area contributed by atoms with Crippen molar-refractivity contribution in [2.75, 3.05) is 6.61 Å². The van der Waals surface area contributed by atoms with E-state index < -0.39 is 46.0 Å². The molecule has 1 N–H and O–H groups in total. The van der Waals surface area contributed by atoms with Gasteiger partial charge >= 0.3 is 27.5 Å². The molecule has 3 rings (SSSR count). The molecule has 0 spiro atoms. The Hall–Kier alpha value is -1.85. The fourth-order valence-electron chi connectivity index (χ4n) is 3.75. The predicted octanol–water partition coefficient (Wildman–Crippen LogP) is -0.307. The van der Waals surface area contributed by atoms with Crippen LogP contribution in [0.2, 0.25) is 0 Å². The molecule has 1 aliphatic heterocycles. The monoisotopic (exact) mass is 371 g/mol. The zero-order valence-corrected chi connectivity index (χ0v) is 12.7. The predicted molar refractivity (Wildman–Crippen MR) is 67.2 cm³/mol. The smallest absolute Gasteiger partial charge is 0.461 e. The molecule has 8 nitrogen and oxygen atoms in total. The number of carbonyl (C=O) groups is 3. The molecule has 0 radical (unpaired) electrons. The molecule has 12 heteroatoms. The topological polar surface area (TPSA) is 116 Å². The van der Waals surface area contributed by atoms with Crippen molar-refractivity contribution in [3.8, 4) is 0 Å². The lowest BCUT2D eigenvalue weighted by atomic mass is 9.82. The van der Waals surface area contributed by atoms with Crippen LogP contribution in [0.1, 0.15) is 12.8 Å². The third-order valence-electron chi connectivity index (χ3n) is 4.66. The first-order chi connectivity index (χ1) is 11.0. The standard InChI is InChI=1S/C12H12F3NO7S/c13-12(14,15)24(20,21)16-7(17)3-22-11(19)8-4-1-5-6(2-4)10(18)23-9(5)8/h4-6,8-9H,1-3H2,(H,16,17). The highest BCUT2D eigenvalue weighted by molar-refractivity contribution is 7.90. The zero-order chi connectivity index (χ0) is 17.9. The van der Waals surface area contributed by atoms with Crippen molar-refractivity contribution >= 4 is 27.9 Å². The van der Waals surface area contributed by atoms with Crippen LogP contribution in [-0.4, -0.2) is 44.5 Å². The molecule has 1 saturated heterocycles. The van der Waals surface area contributed by atoms with Gasteiger partial charge in [0.2, 0.25) is 0 Å². The average Bonchev–Trinajstić information content (AvgIpc) is 3.05. The maximum Gasteiger partial charge on any atom is 0.516 e. The van der Waals surface area contributed by atoms with E-state index in [-0.39, 0.29) is 23.7 Å². The first-order valence-corrected chi connectivity index (χ1v) is 8.48. The number of fused-ring (bicyclic) bond motifs is 1. The summed E-state index contributed by atoms with van der Waals surface area (Å²) in [6, 6.07) is 0. The van der Waals surface area contributed by atoms with Gasteiger partial charge in [0.25, 0.3) is 5.91 Å². The molecule has 5 unspecified atom stereocenters. The molecule has 134 valence electrons. The third kappa shape index (κ3) is 2.62. The molecule has 24 heavy (non-hydrogen) atoms. The second kappa shape index (κ2) is 5.33. The molecule has 0 aromatic heterocycles. The number of esters is 2. The van der Waals surface area contributed by atoms with Crippen LogP contribution in [0.3, 0.4) is 0 Å². The molecule has 1 heterocycles. The fourth-order valence-corrected chi connectivity index (χ4v) is 4.23. The molecule has 2 bridgehead atoms. The lowest BCUT2D eigenvalue weighted by molar-refractivity contribution is -0.159. The van der Waals surface area contributed by atoms with E-state index in [9.17, 15) is 36.0 Å². The maximum absolute atomic E-state index is 12.1. The number of amides is 1. The van der Waals surface area contributed by atoms with Gasteiger partial charge in [0, 0.05) is 5.92 Å². The minimum Gasteiger partial charge on any atom is -0.461 e. The quantitative estimate of drug-likeness (QED) is 0.674. The summed E-state index contributed by atoms with van der Waals surface area (Å²) in [5, 5.41) is 0. The molecule has 5 atom stereocenters. The Morgan fingerprint density at radius 3 is 2.58 bits per heavy atom. The molecule has 0 aromatic rings. The van der Waals surface area contributed by atoms with Crippen LogP contribution in [-0.2, 0) is 33.9 Å². The van der Waals surface area contributed by atoms with Crippen LogP contribution < -0.4 is 4.72 Å². The van der Waals surface area contributed by atoms with E-state index in [4.69, 9.17) is 4.74 Å². The van der Waals surface area contributed by atoms with Crippen LogP contribution in [0.5, 0.6) is 0 Å². The molecule has 1 amide bonds. The zero-order valence-electron chi connectivity index (χ0n) is 11.9. The minimum absolute atomic E-state index is 0.0838. The largest absolute Gasteiger partial charge is 0.516 e. The highest BCUT2D eigenvalue weighted by Gasteiger charge is 2.64. The Bertz CT molecular complexity index is 704. The number of hydrogen-bond acceptors (Lipinski definition) is 7. The van der Waals surface area contributed by atoms with Gasteiger partial charge in [0.05, 0.1) is 11.8 Å². The third-order valence-corrected chi connectivity index (χ3v) is 5.76. The van der Waals surface area contributed by atoms with Crippen molar-refractivity contribution < 1.29 is 45.4 Å². The summed E-state index contributed by atoms with van der Waals surface area (Å²) in [4.78, 5) is 34.8. The van der Waals surface area contributed by atoms with Gasteiger partial charge in [-0.3, -0.25) is 14.4 Å². The van der Waals surface area contributed by atoms with Crippen LogP contribution in [0.25, 0.3) is 0 Å². The first kappa shape index (κ1) is 17.0. The summed E-state index contributed by atoms with van der Waals surface area (Å²) in [6.07, 6.45) is 0.430. The molecular weight excluding hydrogens is 359 g/mol. The highest BCUT2D eigenvalue weighted by Crippen LogP contribution is 2.57. The van der Waals surface area contributed by atoms with Gasteiger partial charge in [0.1, 0.15) is 6.10 Å². The van der Waals surface area contributed by atoms with Crippen molar-refractivity contribution in [3.63, 3.8) is 0 Å². The summed E-state index contributed by atoms with van der Waals surface area (Å²) in [6.45, 7) is -1.17. The van der Waals surface area contributed by atoms with Crippen molar-refractivity contribution in [2.24, 2.45) is 23.7 Å².